The second-order valence-electron chi connectivity index (χ2n) is 6.35. The number of amides is 2. The maximum atomic E-state index is 11.7. The monoisotopic (exact) mass is 339 g/mol. The summed E-state index contributed by atoms with van der Waals surface area (Å²) < 4.78 is 0. The minimum atomic E-state index is -1.06. The number of hydrogen-bond acceptors (Lipinski definition) is 5. The molecule has 1 aromatic carbocycles. The minimum absolute atomic E-state index is 0.112. The number of likely N-dealkylation sites (tertiary alicyclic amines) is 1. The summed E-state index contributed by atoms with van der Waals surface area (Å²) in [5.41, 5.74) is -0.286. The van der Waals surface area contributed by atoms with Gasteiger partial charge < -0.3 is 20.4 Å². The second kappa shape index (κ2) is 7.73. The molecule has 0 spiro atoms. The lowest BCUT2D eigenvalue weighted by molar-refractivity contribution is -0.384. The third-order valence-corrected chi connectivity index (χ3v) is 2.85. The smallest absolute Gasteiger partial charge is 0.407 e. The largest absolute Gasteiger partial charge is 0.465 e. The molecule has 132 valence electrons. The van der Waals surface area contributed by atoms with Gasteiger partial charge in [0.25, 0.3) is 5.69 Å². The van der Waals surface area contributed by atoms with Crippen LogP contribution in [0, 0.1) is 16.0 Å². The lowest BCUT2D eigenvalue weighted by Gasteiger charge is -2.35. The van der Waals surface area contributed by atoms with E-state index < -0.39 is 22.5 Å². The molecule has 2 amide bonds. The average Bonchev–Trinajstić information content (AvgIpc) is 2.34. The number of nitrogens with one attached hydrogen (secondary N) is 1. The zero-order chi connectivity index (χ0) is 18.5. The average molecular weight is 339 g/mol. The predicted octanol–water partition coefficient (Wildman–Crippen LogP) is 1.92. The first-order valence-electron chi connectivity index (χ1n) is 7.23. The maximum Gasteiger partial charge on any atom is 0.407 e. The first-order chi connectivity index (χ1) is 11.0. The molecule has 1 aromatic rings. The van der Waals surface area contributed by atoms with E-state index in [1.165, 1.54) is 18.2 Å². The Morgan fingerprint density at radius 3 is 2.33 bits per heavy atom. The van der Waals surface area contributed by atoms with Gasteiger partial charge in [0.05, 0.1) is 16.4 Å². The molecular weight excluding hydrogens is 318 g/mol. The van der Waals surface area contributed by atoms with Gasteiger partial charge in [-0.25, -0.2) is 4.79 Å². The SMILES string of the molecule is CC(C)(C)O.O=C(Nc1cccc([N+](=O)[O-])c1)C1CN(C(=O)O)C1. The molecule has 0 unspecified atom stereocenters. The number of hydrogen-bond donors (Lipinski definition) is 3. The third kappa shape index (κ3) is 6.61. The van der Waals surface area contributed by atoms with Crippen LogP contribution < -0.4 is 5.32 Å². The van der Waals surface area contributed by atoms with Crippen LogP contribution in [0.15, 0.2) is 24.3 Å². The first kappa shape index (κ1) is 19.4. The number of carbonyl (C=O) groups is 2. The summed E-state index contributed by atoms with van der Waals surface area (Å²) in [6, 6.07) is 5.59. The van der Waals surface area contributed by atoms with Crippen molar-refractivity contribution < 1.29 is 24.7 Å². The van der Waals surface area contributed by atoms with Gasteiger partial charge in [-0.1, -0.05) is 6.07 Å². The second-order valence-corrected chi connectivity index (χ2v) is 6.35. The number of aliphatic hydroxyl groups is 1. The first-order valence-corrected chi connectivity index (χ1v) is 7.23. The van der Waals surface area contributed by atoms with Crippen LogP contribution >= 0.6 is 0 Å². The van der Waals surface area contributed by atoms with E-state index in [0.29, 0.717) is 5.69 Å². The Kier molecular flexibility index (Phi) is 6.24. The molecule has 9 nitrogen and oxygen atoms in total. The molecule has 0 aliphatic carbocycles. The zero-order valence-electron chi connectivity index (χ0n) is 13.7. The van der Waals surface area contributed by atoms with E-state index in [2.05, 4.69) is 5.32 Å². The predicted molar refractivity (Wildman–Crippen MR) is 86.8 cm³/mol. The van der Waals surface area contributed by atoms with Crippen LogP contribution in [-0.2, 0) is 4.79 Å². The molecule has 1 saturated heterocycles. The van der Waals surface area contributed by atoms with Crippen molar-refractivity contribution in [2.75, 3.05) is 18.4 Å². The molecular formula is C15H21N3O6. The van der Waals surface area contributed by atoms with Crippen molar-refractivity contribution in [2.45, 2.75) is 26.4 Å². The molecule has 0 aromatic heterocycles. The number of anilines is 1. The molecule has 0 bridgehead atoms. The lowest BCUT2D eigenvalue weighted by atomic mass is 10.00. The van der Waals surface area contributed by atoms with Crippen molar-refractivity contribution in [1.82, 2.24) is 4.90 Å². The Morgan fingerprint density at radius 1 is 1.33 bits per heavy atom. The van der Waals surface area contributed by atoms with Gasteiger partial charge >= 0.3 is 6.09 Å². The molecule has 9 heteroatoms. The van der Waals surface area contributed by atoms with E-state index in [0.717, 1.165) is 4.90 Å². The Bertz CT molecular complexity index is 614. The minimum Gasteiger partial charge on any atom is -0.465 e. The summed E-state index contributed by atoms with van der Waals surface area (Å²) in [5, 5.41) is 30.3. The summed E-state index contributed by atoms with van der Waals surface area (Å²) in [6.07, 6.45) is -1.06. The summed E-state index contributed by atoms with van der Waals surface area (Å²) in [5.74, 6) is -0.742. The van der Waals surface area contributed by atoms with Crippen LogP contribution in [0.25, 0.3) is 0 Å². The van der Waals surface area contributed by atoms with Gasteiger partial charge in [-0.15, -0.1) is 0 Å². The molecule has 2 rings (SSSR count). The highest BCUT2D eigenvalue weighted by molar-refractivity contribution is 5.94. The number of rotatable bonds is 3. The van der Waals surface area contributed by atoms with E-state index in [-0.39, 0.29) is 24.7 Å². The Labute approximate surface area is 139 Å². The van der Waals surface area contributed by atoms with Crippen LogP contribution in [0.1, 0.15) is 20.8 Å². The van der Waals surface area contributed by atoms with Crippen LogP contribution in [0.5, 0.6) is 0 Å². The van der Waals surface area contributed by atoms with E-state index >= 15 is 0 Å². The van der Waals surface area contributed by atoms with Gasteiger partial charge in [-0.2, -0.15) is 0 Å². The molecule has 3 N–H and O–H groups in total. The molecule has 1 aliphatic heterocycles. The molecule has 24 heavy (non-hydrogen) atoms. The standard InChI is InChI=1S/C11H11N3O5.C4H10O/c15-10(7-5-13(6-7)11(16)17)12-8-2-1-3-9(4-8)14(18)19;1-4(2,3)5/h1-4,7H,5-6H2,(H,12,15)(H,16,17);5H,1-3H3. The highest BCUT2D eigenvalue weighted by Crippen LogP contribution is 2.20. The summed E-state index contributed by atoms with van der Waals surface area (Å²) in [4.78, 5) is 33.4. The summed E-state index contributed by atoms with van der Waals surface area (Å²) in [7, 11) is 0. The summed E-state index contributed by atoms with van der Waals surface area (Å²) in [6.45, 7) is 5.53. The van der Waals surface area contributed by atoms with Crippen molar-refractivity contribution in [3.05, 3.63) is 34.4 Å². The van der Waals surface area contributed by atoms with Crippen molar-refractivity contribution in [3.8, 4) is 0 Å². The Morgan fingerprint density at radius 2 is 1.88 bits per heavy atom. The summed E-state index contributed by atoms with van der Waals surface area (Å²) >= 11 is 0. The van der Waals surface area contributed by atoms with Crippen molar-refractivity contribution >= 4 is 23.4 Å². The van der Waals surface area contributed by atoms with Gasteiger partial charge in [0, 0.05) is 30.9 Å². The number of carbonyl (C=O) groups excluding carboxylic acids is 1. The van der Waals surface area contributed by atoms with Crippen molar-refractivity contribution in [2.24, 2.45) is 5.92 Å². The van der Waals surface area contributed by atoms with Gasteiger partial charge in [0.15, 0.2) is 0 Å². The number of nitro benzene ring substituents is 1. The van der Waals surface area contributed by atoms with Gasteiger partial charge in [0.2, 0.25) is 5.91 Å². The Balaban J connectivity index is 0.000000505. The van der Waals surface area contributed by atoms with Crippen LogP contribution in [0.2, 0.25) is 0 Å². The quantitative estimate of drug-likeness (QED) is 0.569. The number of nitro groups is 1. The Hall–Kier alpha value is -2.68. The fourth-order valence-corrected chi connectivity index (χ4v) is 1.74. The van der Waals surface area contributed by atoms with Crippen LogP contribution in [0.3, 0.4) is 0 Å². The molecule has 0 atom stereocenters. The van der Waals surface area contributed by atoms with Crippen molar-refractivity contribution in [3.63, 3.8) is 0 Å². The topological polar surface area (TPSA) is 133 Å². The lowest BCUT2D eigenvalue weighted by Crippen LogP contribution is -2.53. The number of non-ortho nitro benzene ring substituents is 1. The molecule has 0 saturated carbocycles. The van der Waals surface area contributed by atoms with Crippen molar-refractivity contribution in [1.29, 1.82) is 0 Å². The number of benzene rings is 1. The third-order valence-electron chi connectivity index (χ3n) is 2.85. The fourth-order valence-electron chi connectivity index (χ4n) is 1.74. The van der Waals surface area contributed by atoms with Crippen LogP contribution in [0.4, 0.5) is 16.2 Å². The van der Waals surface area contributed by atoms with Gasteiger partial charge in [0.1, 0.15) is 0 Å². The molecule has 1 aliphatic rings. The molecule has 1 fully saturated rings. The highest BCUT2D eigenvalue weighted by atomic mass is 16.6. The number of carboxylic acid groups (broad SMARTS) is 1. The zero-order valence-corrected chi connectivity index (χ0v) is 13.7. The molecule has 1 heterocycles. The molecule has 0 radical (unpaired) electrons. The van der Waals surface area contributed by atoms with E-state index in [1.54, 1.807) is 26.8 Å². The van der Waals surface area contributed by atoms with E-state index in [4.69, 9.17) is 10.2 Å². The highest BCUT2D eigenvalue weighted by Gasteiger charge is 2.35. The normalized spacial score (nSPS) is 14.1. The van der Waals surface area contributed by atoms with Gasteiger partial charge in [-0.05, 0) is 26.8 Å². The fraction of sp³-hybridized carbons (Fsp3) is 0.467. The van der Waals surface area contributed by atoms with Gasteiger partial charge in [-0.3, -0.25) is 14.9 Å². The maximum absolute atomic E-state index is 11.7. The van der Waals surface area contributed by atoms with Crippen LogP contribution in [-0.4, -0.2) is 50.7 Å². The van der Waals surface area contributed by atoms with E-state index in [9.17, 15) is 19.7 Å². The van der Waals surface area contributed by atoms with E-state index in [1.807, 2.05) is 0 Å². The number of nitrogens with zero attached hydrogens (tertiary/aromatic N) is 2.